The predicted molar refractivity (Wildman–Crippen MR) is 80.8 cm³/mol. The molecule has 4 nitrogen and oxygen atoms in total. The van der Waals surface area contributed by atoms with Gasteiger partial charge in [-0.15, -0.1) is 0 Å². The lowest BCUT2D eigenvalue weighted by atomic mass is 10.0. The first kappa shape index (κ1) is 16.0. The van der Waals surface area contributed by atoms with E-state index in [0.29, 0.717) is 18.9 Å². The standard InChI is InChI=1S/C15H15ClF3N3O/c16-12-8-10(15(17,18)19)9-20-14(12)21-6-3-11(4-7-21)22-5-1-2-13(22)23/h1-2,5,8-9,11,23H,3-4,6-7H2. The second kappa shape index (κ2) is 5.96. The van der Waals surface area contributed by atoms with E-state index in [1.807, 2.05) is 11.1 Å². The average molecular weight is 346 g/mol. The molecule has 0 unspecified atom stereocenters. The van der Waals surface area contributed by atoms with E-state index >= 15 is 0 Å². The van der Waals surface area contributed by atoms with Crippen molar-refractivity contribution in [2.24, 2.45) is 0 Å². The summed E-state index contributed by atoms with van der Waals surface area (Å²) in [5, 5.41) is 9.75. The quantitative estimate of drug-likeness (QED) is 0.890. The zero-order chi connectivity index (χ0) is 16.6. The Morgan fingerprint density at radius 2 is 1.96 bits per heavy atom. The van der Waals surface area contributed by atoms with Crippen LogP contribution in [0.15, 0.2) is 30.6 Å². The maximum Gasteiger partial charge on any atom is 0.417 e. The first-order chi connectivity index (χ1) is 10.9. The number of alkyl halides is 3. The molecule has 0 saturated carbocycles. The fraction of sp³-hybridized carbons (Fsp3) is 0.400. The second-order valence-electron chi connectivity index (χ2n) is 5.52. The van der Waals surface area contributed by atoms with Gasteiger partial charge < -0.3 is 14.6 Å². The van der Waals surface area contributed by atoms with Crippen molar-refractivity contribution in [1.82, 2.24) is 9.55 Å². The van der Waals surface area contributed by atoms with Crippen molar-refractivity contribution in [3.8, 4) is 5.88 Å². The molecule has 0 aromatic carbocycles. The second-order valence-corrected chi connectivity index (χ2v) is 5.93. The van der Waals surface area contributed by atoms with E-state index in [1.165, 1.54) is 0 Å². The Balaban J connectivity index is 1.72. The maximum atomic E-state index is 12.6. The largest absolute Gasteiger partial charge is 0.494 e. The number of rotatable bonds is 2. The van der Waals surface area contributed by atoms with E-state index in [0.717, 1.165) is 25.1 Å². The van der Waals surface area contributed by atoms with Crippen molar-refractivity contribution < 1.29 is 18.3 Å². The van der Waals surface area contributed by atoms with Gasteiger partial charge in [-0.05, 0) is 31.0 Å². The lowest BCUT2D eigenvalue weighted by Gasteiger charge is -2.34. The van der Waals surface area contributed by atoms with Gasteiger partial charge in [0.25, 0.3) is 0 Å². The number of aromatic hydroxyl groups is 1. The number of aromatic nitrogens is 2. The molecule has 0 spiro atoms. The van der Waals surface area contributed by atoms with E-state index < -0.39 is 11.7 Å². The molecule has 3 heterocycles. The fourth-order valence-electron chi connectivity index (χ4n) is 2.87. The van der Waals surface area contributed by atoms with Crippen molar-refractivity contribution in [2.45, 2.75) is 25.1 Å². The van der Waals surface area contributed by atoms with E-state index in [2.05, 4.69) is 4.98 Å². The topological polar surface area (TPSA) is 41.3 Å². The minimum absolute atomic E-state index is 0.00193. The third-order valence-electron chi connectivity index (χ3n) is 4.06. The Morgan fingerprint density at radius 3 is 2.48 bits per heavy atom. The molecule has 8 heteroatoms. The molecular formula is C15H15ClF3N3O. The summed E-state index contributed by atoms with van der Waals surface area (Å²) in [7, 11) is 0. The molecule has 23 heavy (non-hydrogen) atoms. The van der Waals surface area contributed by atoms with Crippen LogP contribution in [0.5, 0.6) is 5.88 Å². The monoisotopic (exact) mass is 345 g/mol. The molecule has 1 aliphatic heterocycles. The van der Waals surface area contributed by atoms with E-state index in [4.69, 9.17) is 11.6 Å². The van der Waals surface area contributed by atoms with Gasteiger partial charge in [-0.2, -0.15) is 13.2 Å². The van der Waals surface area contributed by atoms with Gasteiger partial charge in [0.2, 0.25) is 0 Å². The van der Waals surface area contributed by atoms with Crippen molar-refractivity contribution in [1.29, 1.82) is 0 Å². The molecule has 1 fully saturated rings. The van der Waals surface area contributed by atoms with Gasteiger partial charge in [0.05, 0.1) is 10.6 Å². The normalized spacial score (nSPS) is 16.8. The highest BCUT2D eigenvalue weighted by atomic mass is 35.5. The maximum absolute atomic E-state index is 12.6. The zero-order valence-corrected chi connectivity index (χ0v) is 12.8. The van der Waals surface area contributed by atoms with Gasteiger partial charge in [0.15, 0.2) is 5.88 Å². The van der Waals surface area contributed by atoms with Gasteiger partial charge in [-0.25, -0.2) is 4.98 Å². The zero-order valence-electron chi connectivity index (χ0n) is 12.1. The number of hydrogen-bond acceptors (Lipinski definition) is 3. The predicted octanol–water partition coefficient (Wildman–Crippen LogP) is 4.10. The van der Waals surface area contributed by atoms with Crippen LogP contribution in [0.1, 0.15) is 24.4 Å². The minimum atomic E-state index is -4.45. The van der Waals surface area contributed by atoms with Crippen LogP contribution in [0, 0.1) is 0 Å². The summed E-state index contributed by atoms with van der Waals surface area (Å²) in [6.45, 7) is 1.22. The van der Waals surface area contributed by atoms with E-state index in [9.17, 15) is 18.3 Å². The molecule has 1 N–H and O–H groups in total. The molecule has 3 rings (SSSR count). The molecule has 2 aromatic heterocycles. The van der Waals surface area contributed by atoms with Crippen LogP contribution in [0.4, 0.5) is 19.0 Å². The molecule has 0 radical (unpaired) electrons. The Bertz CT molecular complexity index is 694. The van der Waals surface area contributed by atoms with Crippen molar-refractivity contribution in [2.75, 3.05) is 18.0 Å². The van der Waals surface area contributed by atoms with Gasteiger partial charge in [0, 0.05) is 31.5 Å². The first-order valence-electron chi connectivity index (χ1n) is 7.20. The molecular weight excluding hydrogens is 331 g/mol. The Morgan fingerprint density at radius 1 is 1.26 bits per heavy atom. The summed E-state index contributed by atoms with van der Waals surface area (Å²) in [6.07, 6.45) is -0.319. The molecule has 124 valence electrons. The summed E-state index contributed by atoms with van der Waals surface area (Å²) in [4.78, 5) is 5.77. The number of hydrogen-bond donors (Lipinski definition) is 1. The number of halogens is 4. The summed E-state index contributed by atoms with van der Waals surface area (Å²) < 4.78 is 39.8. The molecule has 0 atom stereocenters. The van der Waals surface area contributed by atoms with Gasteiger partial charge in [0.1, 0.15) is 5.82 Å². The van der Waals surface area contributed by atoms with Crippen LogP contribution < -0.4 is 4.90 Å². The molecule has 2 aromatic rings. The van der Waals surface area contributed by atoms with Gasteiger partial charge >= 0.3 is 6.18 Å². The molecule has 1 aliphatic rings. The van der Waals surface area contributed by atoms with Gasteiger partial charge in [-0.1, -0.05) is 11.6 Å². The van der Waals surface area contributed by atoms with Crippen LogP contribution in [0.25, 0.3) is 0 Å². The average Bonchev–Trinajstić information content (AvgIpc) is 2.93. The van der Waals surface area contributed by atoms with E-state index in [-0.39, 0.29) is 16.9 Å². The van der Waals surface area contributed by atoms with Crippen LogP contribution >= 0.6 is 11.6 Å². The van der Waals surface area contributed by atoms with E-state index in [1.54, 1.807) is 16.7 Å². The number of piperidine rings is 1. The van der Waals surface area contributed by atoms with Crippen LogP contribution in [0.3, 0.4) is 0 Å². The number of anilines is 1. The summed E-state index contributed by atoms with van der Waals surface area (Å²) in [5.41, 5.74) is -0.849. The molecule has 0 bridgehead atoms. The lowest BCUT2D eigenvalue weighted by Crippen LogP contribution is -2.35. The highest BCUT2D eigenvalue weighted by Gasteiger charge is 2.32. The third kappa shape index (κ3) is 3.24. The highest BCUT2D eigenvalue weighted by Crippen LogP contribution is 2.35. The molecule has 0 amide bonds. The smallest absolute Gasteiger partial charge is 0.417 e. The summed E-state index contributed by atoms with van der Waals surface area (Å²) in [5.74, 6) is 0.587. The Hall–Kier alpha value is -1.89. The highest BCUT2D eigenvalue weighted by molar-refractivity contribution is 6.33. The lowest BCUT2D eigenvalue weighted by molar-refractivity contribution is -0.137. The SMILES string of the molecule is Oc1cccn1C1CCN(c2ncc(C(F)(F)F)cc2Cl)CC1. The van der Waals surface area contributed by atoms with Crippen molar-refractivity contribution in [3.63, 3.8) is 0 Å². The first-order valence-corrected chi connectivity index (χ1v) is 7.57. The fourth-order valence-corrected chi connectivity index (χ4v) is 3.15. The van der Waals surface area contributed by atoms with Crippen LogP contribution in [-0.4, -0.2) is 27.7 Å². The number of pyridine rings is 1. The molecule has 0 aliphatic carbocycles. The number of nitrogens with zero attached hydrogens (tertiary/aromatic N) is 3. The Kier molecular flexibility index (Phi) is 4.14. The summed E-state index contributed by atoms with van der Waals surface area (Å²) in [6, 6.07) is 4.47. The molecule has 1 saturated heterocycles. The van der Waals surface area contributed by atoms with Crippen molar-refractivity contribution in [3.05, 3.63) is 41.2 Å². The Labute approximate surface area is 136 Å². The third-order valence-corrected chi connectivity index (χ3v) is 4.34. The van der Waals surface area contributed by atoms with Gasteiger partial charge in [-0.3, -0.25) is 0 Å². The summed E-state index contributed by atoms with van der Waals surface area (Å²) >= 11 is 5.98. The minimum Gasteiger partial charge on any atom is -0.494 e. The van der Waals surface area contributed by atoms with Crippen LogP contribution in [-0.2, 0) is 6.18 Å². The van der Waals surface area contributed by atoms with Crippen molar-refractivity contribution >= 4 is 17.4 Å². The van der Waals surface area contributed by atoms with Crippen LogP contribution in [0.2, 0.25) is 5.02 Å².